The molecule has 0 bridgehead atoms. The Morgan fingerprint density at radius 2 is 1.77 bits per heavy atom. The molecule has 4 aromatic rings. The molecule has 1 aliphatic heterocycles. The Hall–Kier alpha value is -3.07. The maximum Gasteiger partial charge on any atom is 0.243 e. The van der Waals surface area contributed by atoms with Gasteiger partial charge < -0.3 is 20.5 Å². The molecule has 2 aromatic carbocycles. The van der Waals surface area contributed by atoms with Gasteiger partial charge >= 0.3 is 0 Å². The third-order valence-corrected chi connectivity index (χ3v) is 6.09. The summed E-state index contributed by atoms with van der Waals surface area (Å²) >= 11 is 1.62. The fraction of sp³-hybridized carbons (Fsp3) is 0.227. The zero-order valence-electron chi connectivity index (χ0n) is 16.2. The van der Waals surface area contributed by atoms with Gasteiger partial charge in [-0.1, -0.05) is 23.5 Å². The maximum atomic E-state index is 6.60. The second kappa shape index (κ2) is 7.98. The van der Waals surface area contributed by atoms with Gasteiger partial charge in [0.15, 0.2) is 5.13 Å². The van der Waals surface area contributed by atoms with E-state index in [1.165, 1.54) is 0 Å². The van der Waals surface area contributed by atoms with Gasteiger partial charge in [0.2, 0.25) is 5.88 Å². The summed E-state index contributed by atoms with van der Waals surface area (Å²) in [5.41, 5.74) is 8.60. The predicted octanol–water partition coefficient (Wildman–Crippen LogP) is 4.59. The van der Waals surface area contributed by atoms with Gasteiger partial charge in [-0.15, -0.1) is 0 Å². The Morgan fingerprint density at radius 1 is 1.00 bits per heavy atom. The van der Waals surface area contributed by atoms with Crippen LogP contribution in [0.5, 0.6) is 11.6 Å². The molecule has 7 nitrogen and oxygen atoms in total. The van der Waals surface area contributed by atoms with Crippen molar-refractivity contribution in [3.05, 3.63) is 66.6 Å². The number of ether oxygens (including phenoxy) is 2. The Labute approximate surface area is 177 Å². The van der Waals surface area contributed by atoms with E-state index in [2.05, 4.69) is 26.3 Å². The van der Waals surface area contributed by atoms with Crippen LogP contribution < -0.4 is 15.8 Å². The van der Waals surface area contributed by atoms with Crippen molar-refractivity contribution in [2.75, 3.05) is 18.5 Å². The molecule has 2 aromatic heterocycles. The molecule has 0 atom stereocenters. The number of aromatic nitrogens is 3. The third kappa shape index (κ3) is 3.85. The monoisotopic (exact) mass is 419 g/mol. The van der Waals surface area contributed by atoms with Crippen molar-refractivity contribution in [3.8, 4) is 11.6 Å². The second-order valence-electron chi connectivity index (χ2n) is 7.22. The molecule has 0 saturated carbocycles. The SMILES string of the molecule is NC1(c2nccnc2Oc2ccc(Nc3nc4ccccc4s3)cc2)CCOCC1. The Kier molecular flexibility index (Phi) is 5.04. The average Bonchev–Trinajstić information content (AvgIpc) is 3.18. The molecule has 3 heterocycles. The lowest BCUT2D eigenvalue weighted by molar-refractivity contribution is 0.0498. The number of nitrogens with two attached hydrogens (primary N) is 1. The van der Waals surface area contributed by atoms with Crippen molar-refractivity contribution in [1.82, 2.24) is 15.0 Å². The minimum atomic E-state index is -0.587. The normalized spacial score (nSPS) is 15.8. The van der Waals surface area contributed by atoms with Crippen LogP contribution in [-0.2, 0) is 10.3 Å². The average molecular weight is 420 g/mol. The number of para-hydroxylation sites is 1. The van der Waals surface area contributed by atoms with E-state index in [1.807, 2.05) is 42.5 Å². The largest absolute Gasteiger partial charge is 0.437 e. The Bertz CT molecular complexity index is 1120. The van der Waals surface area contributed by atoms with Crippen molar-refractivity contribution in [2.24, 2.45) is 5.73 Å². The molecule has 8 heteroatoms. The molecule has 1 fully saturated rings. The quantitative estimate of drug-likeness (QED) is 0.489. The van der Waals surface area contributed by atoms with Crippen molar-refractivity contribution < 1.29 is 9.47 Å². The van der Waals surface area contributed by atoms with Crippen LogP contribution in [0.25, 0.3) is 10.2 Å². The number of anilines is 2. The van der Waals surface area contributed by atoms with E-state index in [0.717, 1.165) is 21.0 Å². The lowest BCUT2D eigenvalue weighted by atomic mass is 9.87. The van der Waals surface area contributed by atoms with Gasteiger partial charge in [-0.2, -0.15) is 0 Å². The standard InChI is InChI=1S/C22H21N5O2S/c23-22(9-13-28-14-10-22)19-20(25-12-11-24-19)29-16-7-5-15(6-8-16)26-21-27-17-3-1-2-4-18(17)30-21/h1-8,11-12H,9-10,13-14,23H2,(H,26,27). The smallest absolute Gasteiger partial charge is 0.243 e. The van der Waals surface area contributed by atoms with Crippen LogP contribution in [0, 0.1) is 0 Å². The predicted molar refractivity (Wildman–Crippen MR) is 117 cm³/mol. The van der Waals surface area contributed by atoms with Crippen molar-refractivity contribution in [3.63, 3.8) is 0 Å². The molecule has 0 spiro atoms. The van der Waals surface area contributed by atoms with Gasteiger partial charge in [0, 0.05) is 31.3 Å². The first-order valence-electron chi connectivity index (χ1n) is 9.78. The molecule has 152 valence electrons. The van der Waals surface area contributed by atoms with Gasteiger partial charge in [0.05, 0.1) is 15.8 Å². The first-order valence-corrected chi connectivity index (χ1v) is 10.6. The highest BCUT2D eigenvalue weighted by atomic mass is 32.1. The van der Waals surface area contributed by atoms with Gasteiger partial charge in [-0.05, 0) is 49.2 Å². The molecular weight excluding hydrogens is 398 g/mol. The number of thiazole rings is 1. The zero-order chi connectivity index (χ0) is 20.4. The van der Waals surface area contributed by atoms with Crippen LogP contribution in [-0.4, -0.2) is 28.2 Å². The van der Waals surface area contributed by atoms with Crippen molar-refractivity contribution in [2.45, 2.75) is 18.4 Å². The van der Waals surface area contributed by atoms with E-state index in [4.69, 9.17) is 15.2 Å². The van der Waals surface area contributed by atoms with E-state index in [0.29, 0.717) is 43.4 Å². The van der Waals surface area contributed by atoms with Crippen LogP contribution in [0.1, 0.15) is 18.5 Å². The van der Waals surface area contributed by atoms with Crippen molar-refractivity contribution in [1.29, 1.82) is 0 Å². The van der Waals surface area contributed by atoms with Crippen LogP contribution in [0.2, 0.25) is 0 Å². The number of hydrogen-bond acceptors (Lipinski definition) is 8. The maximum absolute atomic E-state index is 6.60. The molecule has 1 saturated heterocycles. The van der Waals surface area contributed by atoms with E-state index >= 15 is 0 Å². The molecule has 0 amide bonds. The molecule has 1 aliphatic rings. The number of hydrogen-bond donors (Lipinski definition) is 2. The summed E-state index contributed by atoms with van der Waals surface area (Å²) in [5.74, 6) is 1.11. The van der Waals surface area contributed by atoms with Gasteiger partial charge in [-0.3, -0.25) is 4.98 Å². The first kappa shape index (κ1) is 18.9. The minimum Gasteiger partial charge on any atom is -0.437 e. The third-order valence-electron chi connectivity index (χ3n) is 5.14. The summed E-state index contributed by atoms with van der Waals surface area (Å²) in [6.07, 6.45) is 4.64. The lowest BCUT2D eigenvalue weighted by Crippen LogP contribution is -2.43. The number of fused-ring (bicyclic) bond motifs is 1. The zero-order valence-corrected chi connectivity index (χ0v) is 17.1. The highest BCUT2D eigenvalue weighted by Crippen LogP contribution is 2.35. The lowest BCUT2D eigenvalue weighted by Gasteiger charge is -2.33. The molecular formula is C22H21N5O2S. The van der Waals surface area contributed by atoms with E-state index in [-0.39, 0.29) is 0 Å². The highest BCUT2D eigenvalue weighted by Gasteiger charge is 2.35. The van der Waals surface area contributed by atoms with E-state index in [1.54, 1.807) is 23.7 Å². The van der Waals surface area contributed by atoms with Gasteiger partial charge in [-0.25, -0.2) is 9.97 Å². The van der Waals surface area contributed by atoms with E-state index < -0.39 is 5.54 Å². The summed E-state index contributed by atoms with van der Waals surface area (Å²) in [7, 11) is 0. The number of benzene rings is 2. The summed E-state index contributed by atoms with van der Waals surface area (Å²) < 4.78 is 12.6. The van der Waals surface area contributed by atoms with Crippen LogP contribution in [0.4, 0.5) is 10.8 Å². The number of nitrogens with one attached hydrogen (secondary N) is 1. The minimum absolute atomic E-state index is 0.439. The summed E-state index contributed by atoms with van der Waals surface area (Å²) in [5, 5.41) is 4.20. The number of rotatable bonds is 5. The fourth-order valence-corrected chi connectivity index (χ4v) is 4.37. The van der Waals surface area contributed by atoms with Crippen LogP contribution in [0.3, 0.4) is 0 Å². The second-order valence-corrected chi connectivity index (χ2v) is 8.25. The summed E-state index contributed by atoms with van der Waals surface area (Å²) in [4.78, 5) is 13.5. The molecule has 0 unspecified atom stereocenters. The van der Waals surface area contributed by atoms with Crippen molar-refractivity contribution >= 4 is 32.4 Å². The summed E-state index contributed by atoms with van der Waals surface area (Å²) in [6, 6.07) is 15.8. The topological polar surface area (TPSA) is 95.2 Å². The number of nitrogens with zero attached hydrogens (tertiary/aromatic N) is 3. The van der Waals surface area contributed by atoms with Gasteiger partial charge in [0.25, 0.3) is 0 Å². The molecule has 3 N–H and O–H groups in total. The molecule has 0 aliphatic carbocycles. The fourth-order valence-electron chi connectivity index (χ4n) is 3.48. The van der Waals surface area contributed by atoms with Crippen LogP contribution in [0.15, 0.2) is 60.9 Å². The van der Waals surface area contributed by atoms with Gasteiger partial charge in [0.1, 0.15) is 11.4 Å². The Morgan fingerprint density at radius 3 is 2.57 bits per heavy atom. The Balaban J connectivity index is 1.33. The summed E-state index contributed by atoms with van der Waals surface area (Å²) in [6.45, 7) is 1.22. The first-order chi connectivity index (χ1) is 14.7. The highest BCUT2D eigenvalue weighted by molar-refractivity contribution is 7.22. The molecule has 5 rings (SSSR count). The van der Waals surface area contributed by atoms with E-state index in [9.17, 15) is 0 Å². The molecule has 30 heavy (non-hydrogen) atoms. The molecule has 0 radical (unpaired) electrons. The van der Waals surface area contributed by atoms with Crippen LogP contribution >= 0.6 is 11.3 Å².